The Morgan fingerprint density at radius 1 is 1.30 bits per heavy atom. The Balaban J connectivity index is 1.46. The van der Waals surface area contributed by atoms with Crippen LogP contribution in [0.2, 0.25) is 0 Å². The first-order chi connectivity index (χ1) is 15.9. The van der Waals surface area contributed by atoms with Crippen LogP contribution in [0, 0.1) is 6.92 Å². The fraction of sp³-hybridized carbons (Fsp3) is 0.571. The minimum absolute atomic E-state index is 0.0689. The zero-order valence-electron chi connectivity index (χ0n) is 18.6. The van der Waals surface area contributed by atoms with E-state index in [0.717, 1.165) is 49.5 Å². The molecule has 178 valence electrons. The Labute approximate surface area is 199 Å². The topological polar surface area (TPSA) is 138 Å². The summed E-state index contributed by atoms with van der Waals surface area (Å²) < 4.78 is 13.0. The second-order valence-corrected chi connectivity index (χ2v) is 10.0. The lowest BCUT2D eigenvalue weighted by atomic mass is 10.1. The second-order valence-electron chi connectivity index (χ2n) is 8.04. The van der Waals surface area contributed by atoms with Crippen LogP contribution in [0.5, 0.6) is 0 Å². The van der Waals surface area contributed by atoms with E-state index in [1.54, 1.807) is 13.8 Å². The standard InChI is InChI=1S/C21H27N5O5S2/c1-3-30-20(29)15-11(2)16(17(22)28)33-19(15)23-14(27)10-32-21-25-24-18(12-6-7-12)26(21)9-13-5-4-8-31-13/h12-13H,3-10H2,1-2H3,(H2,22,28)(H,23,27)/t13-/m1/s1. The van der Waals surface area contributed by atoms with E-state index < -0.39 is 11.9 Å². The van der Waals surface area contributed by atoms with Crippen LogP contribution in [0.3, 0.4) is 0 Å². The number of hydrogen-bond donors (Lipinski definition) is 2. The number of ether oxygens (including phenoxy) is 2. The molecular weight excluding hydrogens is 466 g/mol. The van der Waals surface area contributed by atoms with Gasteiger partial charge in [0, 0.05) is 12.5 Å². The van der Waals surface area contributed by atoms with Gasteiger partial charge >= 0.3 is 5.97 Å². The van der Waals surface area contributed by atoms with Crippen LogP contribution < -0.4 is 11.1 Å². The number of aromatic nitrogens is 3. The smallest absolute Gasteiger partial charge is 0.341 e. The number of esters is 1. The highest BCUT2D eigenvalue weighted by Crippen LogP contribution is 2.40. The maximum atomic E-state index is 12.7. The fourth-order valence-corrected chi connectivity index (χ4v) is 5.61. The lowest BCUT2D eigenvalue weighted by Crippen LogP contribution is -2.19. The van der Waals surface area contributed by atoms with Crippen molar-refractivity contribution in [2.24, 2.45) is 5.73 Å². The molecule has 2 fully saturated rings. The lowest BCUT2D eigenvalue weighted by molar-refractivity contribution is -0.113. The molecule has 0 unspecified atom stereocenters. The van der Waals surface area contributed by atoms with Crippen LogP contribution >= 0.6 is 23.1 Å². The molecule has 1 saturated carbocycles. The molecule has 3 heterocycles. The van der Waals surface area contributed by atoms with Crippen molar-refractivity contribution in [1.82, 2.24) is 14.8 Å². The zero-order valence-corrected chi connectivity index (χ0v) is 20.2. The van der Waals surface area contributed by atoms with Gasteiger partial charge in [0.2, 0.25) is 5.91 Å². The molecule has 2 aromatic heterocycles. The van der Waals surface area contributed by atoms with Crippen LogP contribution in [0.15, 0.2) is 5.16 Å². The summed E-state index contributed by atoms with van der Waals surface area (Å²) in [4.78, 5) is 37.1. The van der Waals surface area contributed by atoms with Crippen molar-refractivity contribution in [3.05, 3.63) is 21.8 Å². The van der Waals surface area contributed by atoms with Gasteiger partial charge < -0.3 is 25.1 Å². The number of carbonyl (C=O) groups is 3. The van der Waals surface area contributed by atoms with Crippen molar-refractivity contribution in [3.63, 3.8) is 0 Å². The first-order valence-electron chi connectivity index (χ1n) is 11.0. The van der Waals surface area contributed by atoms with Crippen molar-refractivity contribution < 1.29 is 23.9 Å². The number of rotatable bonds is 10. The van der Waals surface area contributed by atoms with Gasteiger partial charge in [0.15, 0.2) is 5.16 Å². The molecule has 1 saturated heterocycles. The molecule has 10 nitrogen and oxygen atoms in total. The average molecular weight is 494 g/mol. The van der Waals surface area contributed by atoms with Gasteiger partial charge in [0.25, 0.3) is 5.91 Å². The van der Waals surface area contributed by atoms with Gasteiger partial charge in [-0.3, -0.25) is 9.59 Å². The molecule has 1 aliphatic carbocycles. The van der Waals surface area contributed by atoms with Crippen molar-refractivity contribution >= 4 is 45.9 Å². The lowest BCUT2D eigenvalue weighted by Gasteiger charge is -2.14. The summed E-state index contributed by atoms with van der Waals surface area (Å²) in [7, 11) is 0. The number of nitrogens with two attached hydrogens (primary N) is 1. The quantitative estimate of drug-likeness (QED) is 0.380. The maximum Gasteiger partial charge on any atom is 0.341 e. The molecule has 33 heavy (non-hydrogen) atoms. The summed E-state index contributed by atoms with van der Waals surface area (Å²) in [6.07, 6.45) is 4.40. The fourth-order valence-electron chi connectivity index (χ4n) is 3.79. The second kappa shape index (κ2) is 10.2. The Bertz CT molecular complexity index is 1060. The van der Waals surface area contributed by atoms with Crippen LogP contribution in [-0.4, -0.2) is 57.6 Å². The van der Waals surface area contributed by atoms with Gasteiger partial charge in [-0.05, 0) is 45.1 Å². The van der Waals surface area contributed by atoms with Gasteiger partial charge in [-0.1, -0.05) is 11.8 Å². The van der Waals surface area contributed by atoms with E-state index in [1.807, 2.05) is 0 Å². The number of nitrogens with one attached hydrogen (secondary N) is 1. The third-order valence-electron chi connectivity index (χ3n) is 5.53. The third kappa shape index (κ3) is 5.39. The van der Waals surface area contributed by atoms with Gasteiger partial charge in [-0.15, -0.1) is 21.5 Å². The molecule has 0 bridgehead atoms. The third-order valence-corrected chi connectivity index (χ3v) is 7.72. The van der Waals surface area contributed by atoms with E-state index in [9.17, 15) is 14.4 Å². The highest BCUT2D eigenvalue weighted by Gasteiger charge is 2.32. The minimum atomic E-state index is -0.659. The minimum Gasteiger partial charge on any atom is -0.462 e. The summed E-state index contributed by atoms with van der Waals surface area (Å²) in [6, 6.07) is 0. The number of thioether (sulfide) groups is 1. The Hall–Kier alpha value is -2.44. The number of amides is 2. The average Bonchev–Trinajstić information content (AvgIpc) is 3.17. The normalized spacial score (nSPS) is 17.8. The van der Waals surface area contributed by atoms with Crippen molar-refractivity contribution in [2.75, 3.05) is 24.3 Å². The van der Waals surface area contributed by atoms with Crippen molar-refractivity contribution in [2.45, 2.75) is 63.3 Å². The van der Waals surface area contributed by atoms with E-state index in [2.05, 4.69) is 20.1 Å². The molecule has 0 spiro atoms. The molecule has 0 radical (unpaired) electrons. The van der Waals surface area contributed by atoms with Crippen LogP contribution in [0.25, 0.3) is 0 Å². The summed E-state index contributed by atoms with van der Waals surface area (Å²) >= 11 is 2.26. The monoisotopic (exact) mass is 493 g/mol. The van der Waals surface area contributed by atoms with Gasteiger partial charge in [0.05, 0.1) is 35.4 Å². The predicted octanol–water partition coefficient (Wildman–Crippen LogP) is 2.71. The molecule has 2 aliphatic rings. The molecule has 4 rings (SSSR count). The summed E-state index contributed by atoms with van der Waals surface area (Å²) in [5.41, 5.74) is 5.99. The number of primary amides is 1. The molecule has 1 atom stereocenters. The largest absolute Gasteiger partial charge is 0.462 e. The molecular formula is C21H27N5O5S2. The first-order valence-corrected chi connectivity index (χ1v) is 12.8. The number of carbonyl (C=O) groups excluding carboxylic acids is 3. The van der Waals surface area contributed by atoms with Crippen LogP contribution in [0.4, 0.5) is 5.00 Å². The predicted molar refractivity (Wildman–Crippen MR) is 124 cm³/mol. The van der Waals surface area contributed by atoms with Crippen LogP contribution in [-0.2, 0) is 20.8 Å². The number of anilines is 1. The van der Waals surface area contributed by atoms with Crippen LogP contribution in [0.1, 0.15) is 69.9 Å². The van der Waals surface area contributed by atoms with E-state index in [0.29, 0.717) is 23.2 Å². The Morgan fingerprint density at radius 3 is 2.73 bits per heavy atom. The maximum absolute atomic E-state index is 12.7. The molecule has 2 amide bonds. The van der Waals surface area contributed by atoms with Gasteiger partial charge in [-0.2, -0.15) is 0 Å². The summed E-state index contributed by atoms with van der Waals surface area (Å²) in [6.45, 7) is 4.92. The van der Waals surface area contributed by atoms with E-state index >= 15 is 0 Å². The SMILES string of the molecule is CCOC(=O)c1c(NC(=O)CSc2nnc(C3CC3)n2C[C@H]2CCCO2)sc(C(N)=O)c1C. The molecule has 0 aromatic carbocycles. The van der Waals surface area contributed by atoms with E-state index in [-0.39, 0.29) is 39.8 Å². The summed E-state index contributed by atoms with van der Waals surface area (Å²) in [5.74, 6) is -0.143. The summed E-state index contributed by atoms with van der Waals surface area (Å²) in [5, 5.41) is 12.4. The van der Waals surface area contributed by atoms with Gasteiger partial charge in [0.1, 0.15) is 10.8 Å². The highest BCUT2D eigenvalue weighted by atomic mass is 32.2. The molecule has 3 N–H and O–H groups in total. The van der Waals surface area contributed by atoms with Crippen molar-refractivity contribution in [3.8, 4) is 0 Å². The Kier molecular flexibility index (Phi) is 7.35. The number of thiophene rings is 1. The molecule has 2 aromatic rings. The first kappa shape index (κ1) is 23.7. The number of nitrogens with zero attached hydrogens (tertiary/aromatic N) is 3. The number of hydrogen-bond acceptors (Lipinski definition) is 9. The van der Waals surface area contributed by atoms with E-state index in [4.69, 9.17) is 15.2 Å². The molecule has 1 aliphatic heterocycles. The molecule has 12 heteroatoms. The highest BCUT2D eigenvalue weighted by molar-refractivity contribution is 7.99. The van der Waals surface area contributed by atoms with E-state index in [1.165, 1.54) is 11.8 Å². The van der Waals surface area contributed by atoms with Crippen molar-refractivity contribution in [1.29, 1.82) is 0 Å². The Morgan fingerprint density at radius 2 is 2.09 bits per heavy atom. The zero-order chi connectivity index (χ0) is 23.5. The van der Waals surface area contributed by atoms with Gasteiger partial charge in [-0.25, -0.2) is 4.79 Å².